The normalized spacial score (nSPS) is 18.6. The van der Waals surface area contributed by atoms with E-state index in [2.05, 4.69) is 5.10 Å². The highest BCUT2D eigenvalue weighted by Crippen LogP contribution is 2.37. The third kappa shape index (κ3) is 3.27. The summed E-state index contributed by atoms with van der Waals surface area (Å²) in [7, 11) is -3.55. The van der Waals surface area contributed by atoms with Gasteiger partial charge in [0, 0.05) is 24.3 Å². The van der Waals surface area contributed by atoms with Crippen molar-refractivity contribution < 1.29 is 21.6 Å². The van der Waals surface area contributed by atoms with E-state index in [0.29, 0.717) is 37.3 Å². The summed E-state index contributed by atoms with van der Waals surface area (Å²) in [4.78, 5) is 0.158. The minimum Gasteiger partial charge on any atom is -0.237 e. The van der Waals surface area contributed by atoms with Gasteiger partial charge >= 0.3 is 6.18 Å². The number of hydrogen-bond donors (Lipinski definition) is 0. The van der Waals surface area contributed by atoms with Crippen molar-refractivity contribution in [2.24, 2.45) is 0 Å². The van der Waals surface area contributed by atoms with Gasteiger partial charge in [-0.1, -0.05) is 0 Å². The highest BCUT2D eigenvalue weighted by atomic mass is 32.2. The smallest absolute Gasteiger partial charge is 0.237 e. The molecule has 146 valence electrons. The van der Waals surface area contributed by atoms with Crippen LogP contribution in [0.25, 0.3) is 5.69 Å². The predicted molar refractivity (Wildman–Crippen MR) is 93.2 cm³/mol. The van der Waals surface area contributed by atoms with Crippen molar-refractivity contribution in [2.45, 2.75) is 49.6 Å². The molecule has 0 radical (unpaired) electrons. The average Bonchev–Trinajstić information content (AvgIpc) is 3.30. The number of alkyl halides is 3. The third-order valence-corrected chi connectivity index (χ3v) is 7.15. The Hall–Kier alpha value is -1.87. The molecule has 27 heavy (non-hydrogen) atoms. The summed E-state index contributed by atoms with van der Waals surface area (Å²) < 4.78 is 68.0. The maximum Gasteiger partial charge on any atom is 0.435 e. The molecule has 4 rings (SSSR count). The van der Waals surface area contributed by atoms with E-state index >= 15 is 0 Å². The zero-order valence-electron chi connectivity index (χ0n) is 14.7. The van der Waals surface area contributed by atoms with Crippen molar-refractivity contribution in [2.75, 3.05) is 13.1 Å². The highest BCUT2D eigenvalue weighted by molar-refractivity contribution is 7.89. The van der Waals surface area contributed by atoms with Gasteiger partial charge in [-0.2, -0.15) is 22.6 Å². The number of benzene rings is 1. The standard InChI is InChI=1S/C18H20F3N3O2S/c19-18(20,21)17-15-5-1-2-6-16(15)24(22-17)13-7-9-14(10-8-13)27(25,26)23-11-3-4-12-23/h7-10H,1-6,11-12H2. The van der Waals surface area contributed by atoms with Crippen LogP contribution in [0.1, 0.15) is 42.6 Å². The Bertz CT molecular complexity index is 943. The molecule has 1 aliphatic heterocycles. The number of aromatic nitrogens is 2. The van der Waals surface area contributed by atoms with Crippen LogP contribution in [0, 0.1) is 0 Å². The Morgan fingerprint density at radius 3 is 2.19 bits per heavy atom. The second-order valence-corrected chi connectivity index (χ2v) is 8.93. The maximum atomic E-state index is 13.3. The lowest BCUT2D eigenvalue weighted by molar-refractivity contribution is -0.142. The SMILES string of the molecule is O=S(=O)(c1ccc(-n2nc(C(F)(F)F)c3c2CCCC3)cc1)N1CCCC1. The molecule has 0 bridgehead atoms. The summed E-state index contributed by atoms with van der Waals surface area (Å²) >= 11 is 0. The Labute approximate surface area is 155 Å². The number of hydrogen-bond acceptors (Lipinski definition) is 3. The van der Waals surface area contributed by atoms with E-state index in [0.717, 1.165) is 25.7 Å². The summed E-state index contributed by atoms with van der Waals surface area (Å²) in [5.74, 6) is 0. The van der Waals surface area contributed by atoms with Crippen molar-refractivity contribution in [3.05, 3.63) is 41.2 Å². The van der Waals surface area contributed by atoms with Gasteiger partial charge in [0.15, 0.2) is 5.69 Å². The molecule has 0 saturated carbocycles. The lowest BCUT2D eigenvalue weighted by atomic mass is 9.95. The van der Waals surface area contributed by atoms with E-state index in [-0.39, 0.29) is 10.5 Å². The first-order chi connectivity index (χ1) is 12.8. The van der Waals surface area contributed by atoms with Gasteiger partial charge in [0.05, 0.1) is 10.6 Å². The molecule has 0 unspecified atom stereocenters. The van der Waals surface area contributed by atoms with Crippen molar-refractivity contribution in [1.29, 1.82) is 0 Å². The predicted octanol–water partition coefficient (Wildman–Crippen LogP) is 3.55. The fraction of sp³-hybridized carbons (Fsp3) is 0.500. The van der Waals surface area contributed by atoms with Crippen LogP contribution < -0.4 is 0 Å². The van der Waals surface area contributed by atoms with Gasteiger partial charge in [-0.3, -0.25) is 0 Å². The first-order valence-corrected chi connectivity index (χ1v) is 10.5. The highest BCUT2D eigenvalue weighted by Gasteiger charge is 2.39. The minimum atomic E-state index is -4.49. The molecule has 1 aromatic heterocycles. The van der Waals surface area contributed by atoms with Crippen LogP contribution in [-0.2, 0) is 29.0 Å². The number of rotatable bonds is 3. The zero-order chi connectivity index (χ0) is 19.2. The molecule has 0 N–H and O–H groups in total. The molecular formula is C18H20F3N3O2S. The fourth-order valence-corrected chi connectivity index (χ4v) is 5.39. The first-order valence-electron chi connectivity index (χ1n) is 9.07. The molecule has 0 atom stereocenters. The van der Waals surface area contributed by atoms with Crippen molar-refractivity contribution in [1.82, 2.24) is 14.1 Å². The lowest BCUT2D eigenvalue weighted by Gasteiger charge is -2.16. The fourth-order valence-electron chi connectivity index (χ4n) is 3.88. The molecule has 9 heteroatoms. The van der Waals surface area contributed by atoms with Crippen LogP contribution in [0.2, 0.25) is 0 Å². The number of halogens is 3. The molecule has 1 saturated heterocycles. The van der Waals surface area contributed by atoms with Gasteiger partial charge in [0.2, 0.25) is 10.0 Å². The quantitative estimate of drug-likeness (QED) is 0.793. The molecule has 2 aromatic rings. The van der Waals surface area contributed by atoms with E-state index in [1.807, 2.05) is 0 Å². The molecule has 2 aliphatic rings. The van der Waals surface area contributed by atoms with Gasteiger partial charge in [0.1, 0.15) is 0 Å². The molecular weight excluding hydrogens is 379 g/mol. The number of nitrogens with zero attached hydrogens (tertiary/aromatic N) is 3. The van der Waals surface area contributed by atoms with Crippen LogP contribution in [0.3, 0.4) is 0 Å². The summed E-state index contributed by atoms with van der Waals surface area (Å²) in [5.41, 5.74) is 0.459. The van der Waals surface area contributed by atoms with Crippen molar-refractivity contribution >= 4 is 10.0 Å². The van der Waals surface area contributed by atoms with Crippen LogP contribution in [0.5, 0.6) is 0 Å². The Morgan fingerprint density at radius 1 is 0.926 bits per heavy atom. The lowest BCUT2D eigenvalue weighted by Crippen LogP contribution is -2.27. The molecule has 1 fully saturated rings. The average molecular weight is 399 g/mol. The third-order valence-electron chi connectivity index (χ3n) is 5.23. The largest absolute Gasteiger partial charge is 0.435 e. The minimum absolute atomic E-state index is 0.158. The van der Waals surface area contributed by atoms with E-state index < -0.39 is 21.9 Å². The van der Waals surface area contributed by atoms with Crippen LogP contribution in [0.15, 0.2) is 29.2 Å². The summed E-state index contributed by atoms with van der Waals surface area (Å²) in [6.07, 6.45) is -0.371. The van der Waals surface area contributed by atoms with Gasteiger partial charge < -0.3 is 0 Å². The van der Waals surface area contributed by atoms with Crippen LogP contribution >= 0.6 is 0 Å². The molecule has 1 aliphatic carbocycles. The molecule has 1 aromatic carbocycles. The van der Waals surface area contributed by atoms with Crippen molar-refractivity contribution in [3.63, 3.8) is 0 Å². The van der Waals surface area contributed by atoms with E-state index in [4.69, 9.17) is 0 Å². The van der Waals surface area contributed by atoms with E-state index in [9.17, 15) is 21.6 Å². The van der Waals surface area contributed by atoms with E-state index in [1.54, 1.807) is 0 Å². The van der Waals surface area contributed by atoms with Gasteiger partial charge in [-0.15, -0.1) is 0 Å². The second-order valence-electron chi connectivity index (χ2n) is 7.00. The topological polar surface area (TPSA) is 55.2 Å². The zero-order valence-corrected chi connectivity index (χ0v) is 15.5. The van der Waals surface area contributed by atoms with Crippen molar-refractivity contribution in [3.8, 4) is 5.69 Å². The maximum absolute atomic E-state index is 13.3. The Kier molecular flexibility index (Phi) is 4.54. The van der Waals surface area contributed by atoms with Gasteiger partial charge in [-0.25, -0.2) is 13.1 Å². The second kappa shape index (κ2) is 6.63. The van der Waals surface area contributed by atoms with E-state index in [1.165, 1.54) is 33.3 Å². The Balaban J connectivity index is 1.72. The van der Waals surface area contributed by atoms with Crippen LogP contribution in [0.4, 0.5) is 13.2 Å². The van der Waals surface area contributed by atoms with Crippen LogP contribution in [-0.4, -0.2) is 35.6 Å². The summed E-state index contributed by atoms with van der Waals surface area (Å²) in [6.45, 7) is 1.01. The summed E-state index contributed by atoms with van der Waals surface area (Å²) in [5, 5.41) is 3.83. The molecule has 5 nitrogen and oxygen atoms in total. The first kappa shape index (κ1) is 18.5. The summed E-state index contributed by atoms with van der Waals surface area (Å²) in [6, 6.07) is 5.97. The number of sulfonamides is 1. The Morgan fingerprint density at radius 2 is 1.56 bits per heavy atom. The molecule has 0 spiro atoms. The molecule has 2 heterocycles. The van der Waals surface area contributed by atoms with Gasteiger partial charge in [-0.05, 0) is 62.8 Å². The molecule has 0 amide bonds. The monoisotopic (exact) mass is 399 g/mol. The number of fused-ring (bicyclic) bond motifs is 1. The van der Waals surface area contributed by atoms with Gasteiger partial charge in [0.25, 0.3) is 0 Å².